The lowest BCUT2D eigenvalue weighted by atomic mass is 10.0. The molecule has 0 bridgehead atoms. The summed E-state index contributed by atoms with van der Waals surface area (Å²) < 4.78 is 0. The molecule has 0 N–H and O–H groups in total. The van der Waals surface area contributed by atoms with E-state index in [9.17, 15) is 9.59 Å². The molecule has 2 heterocycles. The van der Waals surface area contributed by atoms with Crippen LogP contribution in [0.25, 0.3) is 0 Å². The number of likely N-dealkylation sites (N-methyl/N-ethyl adjacent to an activating group) is 1. The molecule has 2 atom stereocenters. The van der Waals surface area contributed by atoms with Crippen molar-refractivity contribution in [2.24, 2.45) is 11.8 Å². The Morgan fingerprint density at radius 3 is 2.50 bits per heavy atom. The van der Waals surface area contributed by atoms with Crippen molar-refractivity contribution in [2.45, 2.75) is 19.3 Å². The maximum Gasteiger partial charge on any atom is 0.299 e. The first-order valence-corrected chi connectivity index (χ1v) is 7.36. The molecule has 1 amide bonds. The fourth-order valence-electron chi connectivity index (χ4n) is 4.01. The van der Waals surface area contributed by atoms with E-state index in [1.165, 1.54) is 24.2 Å². The summed E-state index contributed by atoms with van der Waals surface area (Å²) >= 11 is 0. The Morgan fingerprint density at radius 1 is 1.10 bits per heavy atom. The van der Waals surface area contributed by atoms with Crippen molar-refractivity contribution in [2.75, 3.05) is 29.9 Å². The van der Waals surface area contributed by atoms with Gasteiger partial charge in [0.05, 0.1) is 11.3 Å². The average molecular weight is 270 g/mol. The number of amides is 1. The van der Waals surface area contributed by atoms with Crippen LogP contribution in [-0.2, 0) is 4.79 Å². The number of carbonyl (C=O) groups excluding carboxylic acids is 2. The third-order valence-electron chi connectivity index (χ3n) is 5.18. The lowest BCUT2D eigenvalue weighted by Gasteiger charge is -2.21. The molecule has 20 heavy (non-hydrogen) atoms. The molecule has 104 valence electrons. The Kier molecular flexibility index (Phi) is 2.43. The first-order valence-electron chi connectivity index (χ1n) is 7.36. The topological polar surface area (TPSA) is 40.6 Å². The van der Waals surface area contributed by atoms with E-state index in [0.717, 1.165) is 36.3 Å². The van der Waals surface area contributed by atoms with Crippen LogP contribution in [0.4, 0.5) is 11.4 Å². The maximum absolute atomic E-state index is 11.8. The monoisotopic (exact) mass is 270 g/mol. The predicted molar refractivity (Wildman–Crippen MR) is 77.2 cm³/mol. The number of fused-ring (bicyclic) bond motifs is 2. The lowest BCUT2D eigenvalue weighted by molar-refractivity contribution is -0.114. The second-order valence-corrected chi connectivity index (χ2v) is 6.25. The largest absolute Gasteiger partial charge is 0.371 e. The number of Topliss-reactive ketones (excluding diaryl/α,β-unsaturated/α-hetero) is 1. The van der Waals surface area contributed by atoms with Gasteiger partial charge in [-0.3, -0.25) is 9.59 Å². The number of benzene rings is 1. The van der Waals surface area contributed by atoms with Gasteiger partial charge in [-0.25, -0.2) is 0 Å². The van der Waals surface area contributed by atoms with E-state index in [1.54, 1.807) is 7.05 Å². The molecule has 3 aliphatic rings. The Balaban J connectivity index is 1.66. The molecule has 0 spiro atoms. The number of nitrogens with zero attached hydrogens (tertiary/aromatic N) is 2. The molecule has 2 unspecified atom stereocenters. The summed E-state index contributed by atoms with van der Waals surface area (Å²) in [4.78, 5) is 27.4. The zero-order valence-electron chi connectivity index (χ0n) is 11.6. The van der Waals surface area contributed by atoms with Crippen molar-refractivity contribution < 1.29 is 9.59 Å². The standard InChI is InChI=1S/C16H18N2O2/c1-17-14-7-12(5-6-13(14)15(19)16(17)20)18-8-10-3-2-4-11(10)9-18/h5-7,10-11H,2-4,8-9H2,1H3. The summed E-state index contributed by atoms with van der Waals surface area (Å²) in [7, 11) is 1.68. The number of hydrogen-bond donors (Lipinski definition) is 0. The molecular formula is C16H18N2O2. The van der Waals surface area contributed by atoms with Gasteiger partial charge in [0.1, 0.15) is 0 Å². The van der Waals surface area contributed by atoms with E-state index < -0.39 is 5.91 Å². The SMILES string of the molecule is CN1C(=O)C(=O)c2ccc(N3CC4CCCC4C3)cc21. The van der Waals surface area contributed by atoms with Crippen molar-refractivity contribution in [3.63, 3.8) is 0 Å². The van der Waals surface area contributed by atoms with Gasteiger partial charge in [-0.15, -0.1) is 0 Å². The van der Waals surface area contributed by atoms with E-state index in [-0.39, 0.29) is 5.78 Å². The van der Waals surface area contributed by atoms with Crippen LogP contribution < -0.4 is 9.80 Å². The molecule has 0 radical (unpaired) electrons. The summed E-state index contributed by atoms with van der Waals surface area (Å²) in [6, 6.07) is 5.80. The summed E-state index contributed by atoms with van der Waals surface area (Å²) in [6.45, 7) is 2.24. The first-order chi connectivity index (χ1) is 9.65. The van der Waals surface area contributed by atoms with E-state index in [0.29, 0.717) is 5.56 Å². The minimum atomic E-state index is -0.421. The van der Waals surface area contributed by atoms with Crippen LogP contribution in [0.2, 0.25) is 0 Å². The van der Waals surface area contributed by atoms with Crippen molar-refractivity contribution >= 4 is 23.1 Å². The van der Waals surface area contributed by atoms with Gasteiger partial charge in [-0.05, 0) is 42.9 Å². The van der Waals surface area contributed by atoms with Gasteiger partial charge >= 0.3 is 0 Å². The Bertz CT molecular complexity index is 598. The molecule has 1 aromatic rings. The molecule has 4 heteroatoms. The Hall–Kier alpha value is -1.84. The zero-order valence-corrected chi connectivity index (χ0v) is 11.6. The van der Waals surface area contributed by atoms with Gasteiger partial charge in [-0.1, -0.05) is 6.42 Å². The van der Waals surface area contributed by atoms with Crippen LogP contribution in [0.5, 0.6) is 0 Å². The highest BCUT2D eigenvalue weighted by atomic mass is 16.2. The van der Waals surface area contributed by atoms with Gasteiger partial charge in [0, 0.05) is 25.8 Å². The number of ketones is 1. The van der Waals surface area contributed by atoms with E-state index in [4.69, 9.17) is 0 Å². The third kappa shape index (κ3) is 1.54. The molecule has 4 rings (SSSR count). The third-order valence-corrected chi connectivity index (χ3v) is 5.18. The van der Waals surface area contributed by atoms with Gasteiger partial charge in [0.15, 0.2) is 0 Å². The molecule has 1 saturated carbocycles. The average Bonchev–Trinajstić information content (AvgIpc) is 3.09. The molecule has 4 nitrogen and oxygen atoms in total. The van der Waals surface area contributed by atoms with Crippen LogP contribution in [0.15, 0.2) is 18.2 Å². The summed E-state index contributed by atoms with van der Waals surface area (Å²) in [6.07, 6.45) is 4.07. The Morgan fingerprint density at radius 2 is 1.80 bits per heavy atom. The molecule has 0 aromatic heterocycles. The molecule has 1 aliphatic carbocycles. The first kappa shape index (κ1) is 11.9. The molecular weight excluding hydrogens is 252 g/mol. The lowest BCUT2D eigenvalue weighted by Crippen LogP contribution is -2.25. The highest BCUT2D eigenvalue weighted by molar-refractivity contribution is 6.52. The Labute approximate surface area is 118 Å². The molecule has 2 fully saturated rings. The van der Waals surface area contributed by atoms with Crippen LogP contribution in [0, 0.1) is 11.8 Å². The highest BCUT2D eigenvalue weighted by Gasteiger charge is 2.38. The number of anilines is 2. The summed E-state index contributed by atoms with van der Waals surface area (Å²) in [5.74, 6) is 0.872. The number of carbonyl (C=O) groups is 2. The summed E-state index contributed by atoms with van der Waals surface area (Å²) in [5.41, 5.74) is 2.45. The van der Waals surface area contributed by atoms with Gasteiger partial charge in [0.25, 0.3) is 11.7 Å². The van der Waals surface area contributed by atoms with Crippen molar-refractivity contribution in [3.05, 3.63) is 23.8 Å². The van der Waals surface area contributed by atoms with Crippen molar-refractivity contribution in [1.29, 1.82) is 0 Å². The minimum Gasteiger partial charge on any atom is -0.371 e. The second kappa shape index (κ2) is 4.08. The minimum absolute atomic E-state index is 0.382. The number of hydrogen-bond acceptors (Lipinski definition) is 3. The highest BCUT2D eigenvalue weighted by Crippen LogP contribution is 2.41. The van der Waals surface area contributed by atoms with Crippen molar-refractivity contribution in [3.8, 4) is 0 Å². The fraction of sp³-hybridized carbons (Fsp3) is 0.500. The van der Waals surface area contributed by atoms with E-state index in [1.807, 2.05) is 18.2 Å². The van der Waals surface area contributed by atoms with Crippen LogP contribution in [0.1, 0.15) is 29.6 Å². The van der Waals surface area contributed by atoms with Gasteiger partial charge < -0.3 is 9.80 Å². The normalized spacial score (nSPS) is 28.2. The van der Waals surface area contributed by atoms with E-state index in [2.05, 4.69) is 4.90 Å². The van der Waals surface area contributed by atoms with Crippen LogP contribution >= 0.6 is 0 Å². The summed E-state index contributed by atoms with van der Waals surface area (Å²) in [5, 5.41) is 0. The number of rotatable bonds is 1. The smallest absolute Gasteiger partial charge is 0.299 e. The van der Waals surface area contributed by atoms with Crippen LogP contribution in [-0.4, -0.2) is 31.8 Å². The van der Waals surface area contributed by atoms with Gasteiger partial charge in [0.2, 0.25) is 0 Å². The van der Waals surface area contributed by atoms with Crippen molar-refractivity contribution in [1.82, 2.24) is 0 Å². The predicted octanol–water partition coefficient (Wildman–Crippen LogP) is 2.08. The van der Waals surface area contributed by atoms with E-state index >= 15 is 0 Å². The van der Waals surface area contributed by atoms with Crippen LogP contribution in [0.3, 0.4) is 0 Å². The zero-order chi connectivity index (χ0) is 13.9. The second-order valence-electron chi connectivity index (χ2n) is 6.25. The quantitative estimate of drug-likeness (QED) is 0.734. The molecule has 1 aromatic carbocycles. The maximum atomic E-state index is 11.8. The molecule has 1 saturated heterocycles. The van der Waals surface area contributed by atoms with Gasteiger partial charge in [-0.2, -0.15) is 0 Å². The molecule has 2 aliphatic heterocycles. The fourth-order valence-corrected chi connectivity index (χ4v) is 4.01.